The van der Waals surface area contributed by atoms with Crippen molar-refractivity contribution in [3.05, 3.63) is 51.4 Å². The number of ether oxygens (including phenoxy) is 2. The van der Waals surface area contributed by atoms with Crippen LogP contribution in [-0.4, -0.2) is 25.1 Å². The lowest BCUT2D eigenvalue weighted by molar-refractivity contribution is -0.112. The van der Waals surface area contributed by atoms with Gasteiger partial charge >= 0.3 is 5.97 Å². The maximum Gasteiger partial charge on any atom is 0.348 e. The first kappa shape index (κ1) is 23.7. The van der Waals surface area contributed by atoms with E-state index in [-0.39, 0.29) is 27.6 Å². The van der Waals surface area contributed by atoms with Gasteiger partial charge in [-0.1, -0.05) is 25.5 Å². The van der Waals surface area contributed by atoms with E-state index in [0.717, 1.165) is 24.2 Å². The highest BCUT2D eigenvalue weighted by atomic mass is 32.1. The first-order chi connectivity index (χ1) is 14.9. The summed E-state index contributed by atoms with van der Waals surface area (Å²) in [5.41, 5.74) is 1.13. The first-order valence-corrected chi connectivity index (χ1v) is 10.6. The van der Waals surface area contributed by atoms with Crippen molar-refractivity contribution in [2.45, 2.75) is 33.6 Å². The Morgan fingerprint density at radius 2 is 1.90 bits per heavy atom. The molecule has 1 aromatic carbocycles. The van der Waals surface area contributed by atoms with Gasteiger partial charge in [-0.05, 0) is 49.6 Å². The molecular formula is C23H23N3O4S. The van der Waals surface area contributed by atoms with Gasteiger partial charge in [0, 0.05) is 0 Å². The number of unbranched alkanes of at least 4 members (excludes halogenated alkanes) is 1. The molecule has 1 amide bonds. The fourth-order valence-corrected chi connectivity index (χ4v) is 3.65. The van der Waals surface area contributed by atoms with Crippen LogP contribution >= 0.6 is 11.3 Å². The average molecular weight is 438 g/mol. The van der Waals surface area contributed by atoms with Gasteiger partial charge in [0.1, 0.15) is 33.3 Å². The van der Waals surface area contributed by atoms with Crippen molar-refractivity contribution in [3.63, 3.8) is 0 Å². The number of thiophene rings is 1. The molecule has 0 fully saturated rings. The molecule has 1 heterocycles. The number of carbonyl (C=O) groups is 2. The van der Waals surface area contributed by atoms with Gasteiger partial charge in [0.15, 0.2) is 0 Å². The third-order valence-corrected chi connectivity index (χ3v) is 5.46. The van der Waals surface area contributed by atoms with Gasteiger partial charge in [0.25, 0.3) is 5.91 Å². The summed E-state index contributed by atoms with van der Waals surface area (Å²) in [6.07, 6.45) is 3.45. The highest BCUT2D eigenvalue weighted by Crippen LogP contribution is 2.33. The number of nitriles is 2. The minimum atomic E-state index is -0.668. The molecule has 8 heteroatoms. The van der Waals surface area contributed by atoms with Crippen molar-refractivity contribution < 1.29 is 19.1 Å². The molecule has 1 aromatic heterocycles. The quantitative estimate of drug-likeness (QED) is 0.260. The number of carbonyl (C=O) groups excluding carboxylic acids is 2. The van der Waals surface area contributed by atoms with Gasteiger partial charge in [-0.15, -0.1) is 11.3 Å². The summed E-state index contributed by atoms with van der Waals surface area (Å²) in [4.78, 5) is 24.9. The van der Waals surface area contributed by atoms with E-state index in [2.05, 4.69) is 12.2 Å². The van der Waals surface area contributed by atoms with Crippen LogP contribution in [0.5, 0.6) is 5.75 Å². The van der Waals surface area contributed by atoms with Crippen LogP contribution in [0, 0.1) is 29.6 Å². The highest BCUT2D eigenvalue weighted by molar-refractivity contribution is 7.18. The van der Waals surface area contributed by atoms with Gasteiger partial charge in [0.05, 0.1) is 18.8 Å². The topological polar surface area (TPSA) is 112 Å². The second-order valence-electron chi connectivity index (χ2n) is 6.49. The van der Waals surface area contributed by atoms with Crippen LogP contribution in [0.1, 0.15) is 53.1 Å². The molecule has 0 unspecified atom stereocenters. The normalized spacial score (nSPS) is 10.7. The summed E-state index contributed by atoms with van der Waals surface area (Å²) in [5.74, 6) is -0.508. The molecule has 0 aliphatic heterocycles. The van der Waals surface area contributed by atoms with Crippen LogP contribution in [0.25, 0.3) is 6.08 Å². The second kappa shape index (κ2) is 11.5. The number of esters is 1. The number of rotatable bonds is 9. The van der Waals surface area contributed by atoms with Crippen LogP contribution in [0.2, 0.25) is 0 Å². The van der Waals surface area contributed by atoms with E-state index in [1.807, 2.05) is 12.1 Å². The number of nitrogens with zero attached hydrogens (tertiary/aromatic N) is 2. The largest absolute Gasteiger partial charge is 0.494 e. The molecule has 31 heavy (non-hydrogen) atoms. The number of anilines is 1. The number of benzene rings is 1. The molecule has 2 rings (SSSR count). The molecule has 160 valence electrons. The molecule has 0 saturated carbocycles. The zero-order chi connectivity index (χ0) is 22.8. The van der Waals surface area contributed by atoms with Crippen molar-refractivity contribution in [1.29, 1.82) is 10.5 Å². The molecule has 0 aliphatic rings. The molecule has 0 radical (unpaired) electrons. The van der Waals surface area contributed by atoms with Gasteiger partial charge in [-0.25, -0.2) is 4.79 Å². The summed E-state index contributed by atoms with van der Waals surface area (Å²) in [7, 11) is 0. The number of amides is 1. The van der Waals surface area contributed by atoms with Crippen molar-refractivity contribution in [2.24, 2.45) is 0 Å². The lowest BCUT2D eigenvalue weighted by atomic mass is 10.1. The summed E-state index contributed by atoms with van der Waals surface area (Å²) in [5, 5.41) is 21.6. The zero-order valence-electron chi connectivity index (χ0n) is 17.7. The second-order valence-corrected chi connectivity index (χ2v) is 7.51. The maximum absolute atomic E-state index is 12.6. The van der Waals surface area contributed by atoms with Gasteiger partial charge in [0.2, 0.25) is 0 Å². The van der Waals surface area contributed by atoms with E-state index in [0.29, 0.717) is 23.5 Å². The molecule has 2 aromatic rings. The summed E-state index contributed by atoms with van der Waals surface area (Å²) in [6, 6.07) is 10.9. The zero-order valence-corrected chi connectivity index (χ0v) is 18.5. The van der Waals surface area contributed by atoms with Gasteiger partial charge < -0.3 is 14.8 Å². The van der Waals surface area contributed by atoms with Gasteiger partial charge in [-0.3, -0.25) is 4.79 Å². The Labute approximate surface area is 185 Å². The Morgan fingerprint density at radius 1 is 1.19 bits per heavy atom. The maximum atomic E-state index is 12.6. The van der Waals surface area contributed by atoms with Crippen LogP contribution < -0.4 is 10.1 Å². The average Bonchev–Trinajstić information content (AvgIpc) is 3.08. The van der Waals surface area contributed by atoms with E-state index >= 15 is 0 Å². The molecule has 1 N–H and O–H groups in total. The highest BCUT2D eigenvalue weighted by Gasteiger charge is 2.23. The Hall–Kier alpha value is -3.62. The van der Waals surface area contributed by atoms with Crippen LogP contribution in [-0.2, 0) is 9.53 Å². The standard InChI is InChI=1S/C23H23N3O4S/c1-4-6-11-30-18-9-7-16(8-10-18)12-17(13-24)21(27)26-22-19(14-25)15(3)20(31-22)23(28)29-5-2/h7-10,12H,4-6,11H2,1-3H3,(H,26,27). The van der Waals surface area contributed by atoms with Crippen molar-refractivity contribution in [3.8, 4) is 17.9 Å². The van der Waals surface area contributed by atoms with E-state index < -0.39 is 11.9 Å². The van der Waals surface area contributed by atoms with E-state index in [1.165, 1.54) is 6.08 Å². The fourth-order valence-electron chi connectivity index (χ4n) is 2.61. The fraction of sp³-hybridized carbons (Fsp3) is 0.304. The van der Waals surface area contributed by atoms with E-state index in [1.54, 1.807) is 38.1 Å². The lowest BCUT2D eigenvalue weighted by Gasteiger charge is -2.05. The Morgan fingerprint density at radius 3 is 2.48 bits per heavy atom. The van der Waals surface area contributed by atoms with E-state index in [4.69, 9.17) is 9.47 Å². The molecular weight excluding hydrogens is 414 g/mol. The monoisotopic (exact) mass is 437 g/mol. The van der Waals surface area contributed by atoms with Crippen molar-refractivity contribution in [2.75, 3.05) is 18.5 Å². The number of nitrogens with one attached hydrogen (secondary N) is 1. The molecule has 7 nitrogen and oxygen atoms in total. The first-order valence-electron chi connectivity index (χ1n) is 9.81. The Bertz CT molecular complexity index is 1060. The summed E-state index contributed by atoms with van der Waals surface area (Å²) < 4.78 is 10.6. The van der Waals surface area contributed by atoms with Gasteiger partial charge in [-0.2, -0.15) is 10.5 Å². The Balaban J connectivity index is 2.20. The van der Waals surface area contributed by atoms with Crippen LogP contribution in [0.3, 0.4) is 0 Å². The summed E-state index contributed by atoms with van der Waals surface area (Å²) >= 11 is 0.950. The minimum absolute atomic E-state index is 0.132. The minimum Gasteiger partial charge on any atom is -0.494 e. The third-order valence-electron chi connectivity index (χ3n) is 4.27. The van der Waals surface area contributed by atoms with E-state index in [9.17, 15) is 20.1 Å². The third kappa shape index (κ3) is 6.18. The predicted molar refractivity (Wildman–Crippen MR) is 119 cm³/mol. The van der Waals surface area contributed by atoms with Crippen molar-refractivity contribution >= 4 is 34.3 Å². The van der Waals surface area contributed by atoms with Crippen molar-refractivity contribution in [1.82, 2.24) is 0 Å². The number of hydrogen-bond acceptors (Lipinski definition) is 7. The smallest absolute Gasteiger partial charge is 0.348 e. The summed E-state index contributed by atoms with van der Waals surface area (Å²) in [6.45, 7) is 6.21. The van der Waals surface area contributed by atoms with Crippen LogP contribution in [0.15, 0.2) is 29.8 Å². The molecule has 0 atom stereocenters. The molecule has 0 spiro atoms. The molecule has 0 aliphatic carbocycles. The SMILES string of the molecule is CCCCOc1ccc(C=C(C#N)C(=O)Nc2sc(C(=O)OCC)c(C)c2C#N)cc1. The predicted octanol–water partition coefficient (Wildman–Crippen LogP) is 4.83. The van der Waals surface area contributed by atoms with Crippen LogP contribution in [0.4, 0.5) is 5.00 Å². The number of hydrogen-bond donors (Lipinski definition) is 1. The molecule has 0 bridgehead atoms. The Kier molecular flexibility index (Phi) is 8.80. The molecule has 0 saturated heterocycles. The lowest BCUT2D eigenvalue weighted by Crippen LogP contribution is -2.13.